The van der Waals surface area contributed by atoms with Crippen LogP contribution in [-0.4, -0.2) is 34.0 Å². The van der Waals surface area contributed by atoms with Gasteiger partial charge in [-0.15, -0.1) is 11.8 Å². The Hall–Kier alpha value is -2.05. The largest absolute Gasteiger partial charge is 0.350 e. The summed E-state index contributed by atoms with van der Waals surface area (Å²) in [7, 11) is 0. The molecule has 1 atom stereocenters. The van der Waals surface area contributed by atoms with Crippen LogP contribution in [-0.2, 0) is 21.9 Å². The fourth-order valence-corrected chi connectivity index (χ4v) is 3.76. The lowest BCUT2D eigenvalue weighted by Gasteiger charge is -2.31. The standard InChI is InChI=1S/C23H28ClFN2O2S/c1-16(22(29)26-23(2,3)4)27(13-17-7-11-20(25)12-8-17)21(28)15-30-14-18-5-9-19(24)10-6-18/h5-12,16H,13-15H2,1-4H3,(H,26,29)/t16-/m1/s1. The summed E-state index contributed by atoms with van der Waals surface area (Å²) in [6.45, 7) is 7.63. The molecule has 2 aromatic carbocycles. The summed E-state index contributed by atoms with van der Waals surface area (Å²) >= 11 is 7.38. The molecule has 0 unspecified atom stereocenters. The number of halogens is 2. The molecule has 0 saturated heterocycles. The molecule has 30 heavy (non-hydrogen) atoms. The second kappa shape index (κ2) is 10.8. The van der Waals surface area contributed by atoms with Crippen LogP contribution < -0.4 is 5.32 Å². The van der Waals surface area contributed by atoms with Crippen molar-refractivity contribution in [3.05, 3.63) is 70.5 Å². The van der Waals surface area contributed by atoms with Crippen molar-refractivity contribution in [3.8, 4) is 0 Å². The summed E-state index contributed by atoms with van der Waals surface area (Å²) in [5.74, 6) is 0.191. The molecular weight excluding hydrogens is 423 g/mol. The van der Waals surface area contributed by atoms with Gasteiger partial charge in [0.15, 0.2) is 0 Å². The molecule has 0 radical (unpaired) electrons. The Bertz CT molecular complexity index is 851. The first-order chi connectivity index (χ1) is 14.0. The Labute approximate surface area is 187 Å². The summed E-state index contributed by atoms with van der Waals surface area (Å²) in [6, 6.07) is 12.8. The number of carbonyl (C=O) groups excluding carboxylic acids is 2. The molecule has 2 rings (SSSR count). The maximum atomic E-state index is 13.3. The van der Waals surface area contributed by atoms with E-state index in [0.29, 0.717) is 10.8 Å². The molecule has 4 nitrogen and oxygen atoms in total. The first kappa shape index (κ1) is 24.2. The van der Waals surface area contributed by atoms with Crippen LogP contribution in [0, 0.1) is 5.82 Å². The van der Waals surface area contributed by atoms with E-state index in [0.717, 1.165) is 11.1 Å². The van der Waals surface area contributed by atoms with Crippen LogP contribution in [0.1, 0.15) is 38.8 Å². The summed E-state index contributed by atoms with van der Waals surface area (Å²) in [5, 5.41) is 3.59. The first-order valence-electron chi connectivity index (χ1n) is 9.73. The number of nitrogens with one attached hydrogen (secondary N) is 1. The number of hydrogen-bond donors (Lipinski definition) is 1. The monoisotopic (exact) mass is 450 g/mol. The van der Waals surface area contributed by atoms with E-state index in [2.05, 4.69) is 5.32 Å². The Morgan fingerprint density at radius 3 is 2.20 bits per heavy atom. The lowest BCUT2D eigenvalue weighted by Crippen LogP contribution is -2.52. The molecule has 0 saturated carbocycles. The van der Waals surface area contributed by atoms with Crippen LogP contribution in [0.5, 0.6) is 0 Å². The van der Waals surface area contributed by atoms with Crippen LogP contribution in [0.2, 0.25) is 5.02 Å². The molecule has 1 N–H and O–H groups in total. The van der Waals surface area contributed by atoms with Gasteiger partial charge in [0.05, 0.1) is 5.75 Å². The van der Waals surface area contributed by atoms with E-state index in [1.54, 1.807) is 24.0 Å². The third-order valence-corrected chi connectivity index (χ3v) is 5.58. The van der Waals surface area contributed by atoms with Gasteiger partial charge >= 0.3 is 0 Å². The zero-order chi connectivity index (χ0) is 22.3. The highest BCUT2D eigenvalue weighted by molar-refractivity contribution is 7.99. The van der Waals surface area contributed by atoms with Crippen molar-refractivity contribution in [1.29, 1.82) is 0 Å². The van der Waals surface area contributed by atoms with Gasteiger partial charge in [0, 0.05) is 22.9 Å². The lowest BCUT2D eigenvalue weighted by atomic mass is 10.1. The van der Waals surface area contributed by atoms with Crippen molar-refractivity contribution in [1.82, 2.24) is 10.2 Å². The fourth-order valence-electron chi connectivity index (χ4n) is 2.76. The number of carbonyl (C=O) groups is 2. The zero-order valence-electron chi connectivity index (χ0n) is 17.7. The van der Waals surface area contributed by atoms with Crippen molar-refractivity contribution in [2.45, 2.75) is 51.6 Å². The molecule has 2 amide bonds. The van der Waals surface area contributed by atoms with Gasteiger partial charge in [-0.3, -0.25) is 9.59 Å². The maximum absolute atomic E-state index is 13.3. The number of thioether (sulfide) groups is 1. The van der Waals surface area contributed by atoms with Crippen molar-refractivity contribution in [2.75, 3.05) is 5.75 Å². The normalized spacial score (nSPS) is 12.3. The summed E-state index contributed by atoms with van der Waals surface area (Å²) in [6.07, 6.45) is 0. The fraction of sp³-hybridized carbons (Fsp3) is 0.391. The quantitative estimate of drug-likeness (QED) is 0.612. The highest BCUT2D eigenvalue weighted by atomic mass is 35.5. The van der Waals surface area contributed by atoms with E-state index in [1.165, 1.54) is 23.9 Å². The van der Waals surface area contributed by atoms with Crippen LogP contribution in [0.3, 0.4) is 0 Å². The van der Waals surface area contributed by atoms with Gasteiger partial charge in [-0.25, -0.2) is 4.39 Å². The number of benzene rings is 2. The minimum absolute atomic E-state index is 0.144. The van der Waals surface area contributed by atoms with Crippen molar-refractivity contribution in [3.63, 3.8) is 0 Å². The third-order valence-electron chi connectivity index (χ3n) is 4.34. The van der Waals surface area contributed by atoms with Gasteiger partial charge in [-0.05, 0) is 63.1 Å². The second-order valence-corrected chi connectivity index (χ2v) is 9.60. The van der Waals surface area contributed by atoms with E-state index < -0.39 is 11.6 Å². The first-order valence-corrected chi connectivity index (χ1v) is 11.3. The summed E-state index contributed by atoms with van der Waals surface area (Å²) in [4.78, 5) is 27.2. The minimum Gasteiger partial charge on any atom is -0.350 e. The molecule has 0 fully saturated rings. The van der Waals surface area contributed by atoms with E-state index in [4.69, 9.17) is 11.6 Å². The van der Waals surface area contributed by atoms with E-state index in [9.17, 15) is 14.0 Å². The molecule has 0 spiro atoms. The van der Waals surface area contributed by atoms with E-state index >= 15 is 0 Å². The molecule has 0 aromatic heterocycles. The Morgan fingerprint density at radius 2 is 1.63 bits per heavy atom. The van der Waals surface area contributed by atoms with Gasteiger partial charge in [0.2, 0.25) is 11.8 Å². The SMILES string of the molecule is C[C@H](C(=O)NC(C)(C)C)N(Cc1ccc(F)cc1)C(=O)CSCc1ccc(Cl)cc1. The predicted molar refractivity (Wildman–Crippen MR) is 122 cm³/mol. The van der Waals surface area contributed by atoms with Crippen molar-refractivity contribution < 1.29 is 14.0 Å². The molecule has 0 bridgehead atoms. The second-order valence-electron chi connectivity index (χ2n) is 8.18. The van der Waals surface area contributed by atoms with Gasteiger partial charge in [-0.2, -0.15) is 0 Å². The van der Waals surface area contributed by atoms with Crippen LogP contribution >= 0.6 is 23.4 Å². The van der Waals surface area contributed by atoms with Gasteiger partial charge in [0.25, 0.3) is 0 Å². The average molecular weight is 451 g/mol. The Kier molecular flexibility index (Phi) is 8.74. The smallest absolute Gasteiger partial charge is 0.242 e. The van der Waals surface area contributed by atoms with Crippen molar-refractivity contribution >= 4 is 35.2 Å². The topological polar surface area (TPSA) is 49.4 Å². The molecule has 0 aliphatic heterocycles. The van der Waals surface area contributed by atoms with Gasteiger partial charge in [-0.1, -0.05) is 35.9 Å². The highest BCUT2D eigenvalue weighted by Gasteiger charge is 2.28. The average Bonchev–Trinajstić information content (AvgIpc) is 2.67. The van der Waals surface area contributed by atoms with Crippen LogP contribution in [0.15, 0.2) is 48.5 Å². The molecule has 0 aliphatic rings. The molecule has 0 heterocycles. The number of hydrogen-bond acceptors (Lipinski definition) is 3. The Balaban J connectivity index is 2.08. The van der Waals surface area contributed by atoms with Crippen LogP contribution in [0.4, 0.5) is 4.39 Å². The molecule has 7 heteroatoms. The van der Waals surface area contributed by atoms with E-state index in [1.807, 2.05) is 45.0 Å². The molecule has 162 valence electrons. The minimum atomic E-state index is -0.655. The number of amides is 2. The van der Waals surface area contributed by atoms with Crippen molar-refractivity contribution in [2.24, 2.45) is 0 Å². The molecule has 0 aliphatic carbocycles. The Morgan fingerprint density at radius 1 is 1.07 bits per heavy atom. The molecule has 2 aromatic rings. The highest BCUT2D eigenvalue weighted by Crippen LogP contribution is 2.18. The van der Waals surface area contributed by atoms with E-state index in [-0.39, 0.29) is 29.9 Å². The molecular formula is C23H28ClFN2O2S. The predicted octanol–water partition coefficient (Wildman–Crippen LogP) is 5.04. The number of rotatable bonds is 8. The summed E-state index contributed by atoms with van der Waals surface area (Å²) < 4.78 is 13.3. The lowest BCUT2D eigenvalue weighted by molar-refractivity contribution is -0.139. The zero-order valence-corrected chi connectivity index (χ0v) is 19.3. The van der Waals surface area contributed by atoms with Crippen LogP contribution in [0.25, 0.3) is 0 Å². The third kappa shape index (κ3) is 8.00. The summed E-state index contributed by atoms with van der Waals surface area (Å²) in [5.41, 5.74) is 1.43. The van der Waals surface area contributed by atoms with Gasteiger partial charge in [0.1, 0.15) is 11.9 Å². The van der Waals surface area contributed by atoms with Gasteiger partial charge < -0.3 is 10.2 Å². The maximum Gasteiger partial charge on any atom is 0.242 e. The number of nitrogens with zero attached hydrogens (tertiary/aromatic N) is 1.